The van der Waals surface area contributed by atoms with Crippen molar-refractivity contribution in [1.29, 1.82) is 0 Å². The van der Waals surface area contributed by atoms with Crippen LogP contribution in [0.15, 0.2) is 0 Å². The molecule has 0 aliphatic carbocycles. The Morgan fingerprint density at radius 1 is 0.905 bits per heavy atom. The van der Waals surface area contributed by atoms with E-state index in [1.54, 1.807) is 41.5 Å². The molecule has 0 saturated heterocycles. The van der Waals surface area contributed by atoms with Crippen molar-refractivity contribution in [3.63, 3.8) is 0 Å². The van der Waals surface area contributed by atoms with Gasteiger partial charge in [0.2, 0.25) is 0 Å². The van der Waals surface area contributed by atoms with E-state index < -0.39 is 16.9 Å². The highest BCUT2D eigenvalue weighted by molar-refractivity contribution is 5.76. The summed E-state index contributed by atoms with van der Waals surface area (Å²) in [6.07, 6.45) is 0.302. The molecule has 5 heteroatoms. The Morgan fingerprint density at radius 2 is 1.43 bits per heavy atom. The van der Waals surface area contributed by atoms with E-state index in [-0.39, 0.29) is 25.2 Å². The molecule has 21 heavy (non-hydrogen) atoms. The minimum Gasteiger partial charge on any atom is -0.461 e. The summed E-state index contributed by atoms with van der Waals surface area (Å²) in [5.41, 5.74) is -1.18. The standard InChI is InChI=1S/C16H30O5/c1-8-9-19-10-12(21-14(18)16(5,6)7)11-20-13(17)15(2,3)4/h12H,8-11H2,1-7H3. The zero-order valence-electron chi connectivity index (χ0n) is 14.4. The molecule has 0 saturated carbocycles. The van der Waals surface area contributed by atoms with Crippen LogP contribution in [0.25, 0.3) is 0 Å². The fraction of sp³-hybridized carbons (Fsp3) is 0.875. The van der Waals surface area contributed by atoms with E-state index in [0.717, 1.165) is 6.42 Å². The summed E-state index contributed by atoms with van der Waals surface area (Å²) in [4.78, 5) is 23.7. The highest BCUT2D eigenvalue weighted by Crippen LogP contribution is 2.18. The molecule has 0 aromatic heterocycles. The molecule has 5 nitrogen and oxygen atoms in total. The fourth-order valence-corrected chi connectivity index (χ4v) is 1.19. The molecule has 0 rings (SSSR count). The summed E-state index contributed by atoms with van der Waals surface area (Å²) in [5, 5.41) is 0. The summed E-state index contributed by atoms with van der Waals surface area (Å²) < 4.78 is 16.0. The van der Waals surface area contributed by atoms with Gasteiger partial charge in [-0.2, -0.15) is 0 Å². The second-order valence-corrected chi connectivity index (χ2v) is 7.20. The molecule has 0 aliphatic rings. The minimum absolute atomic E-state index is 0.0155. The number of carbonyl (C=O) groups is 2. The van der Waals surface area contributed by atoms with Crippen LogP contribution >= 0.6 is 0 Å². The molecule has 124 valence electrons. The topological polar surface area (TPSA) is 61.8 Å². The number of carbonyl (C=O) groups excluding carboxylic acids is 2. The van der Waals surface area contributed by atoms with Crippen molar-refractivity contribution in [3.8, 4) is 0 Å². The van der Waals surface area contributed by atoms with Gasteiger partial charge in [0.1, 0.15) is 6.61 Å². The number of ether oxygens (including phenoxy) is 3. The van der Waals surface area contributed by atoms with Crippen molar-refractivity contribution in [3.05, 3.63) is 0 Å². The third kappa shape index (κ3) is 8.71. The highest BCUT2D eigenvalue weighted by Gasteiger charge is 2.29. The zero-order chi connectivity index (χ0) is 16.7. The molecule has 0 spiro atoms. The Bertz CT molecular complexity index is 336. The quantitative estimate of drug-likeness (QED) is 0.534. The van der Waals surface area contributed by atoms with Gasteiger partial charge in [0, 0.05) is 6.61 Å². The summed E-state index contributed by atoms with van der Waals surface area (Å²) in [5.74, 6) is -0.658. The Morgan fingerprint density at radius 3 is 1.86 bits per heavy atom. The largest absolute Gasteiger partial charge is 0.461 e. The normalized spacial score (nSPS) is 13.7. The molecule has 0 N–H and O–H groups in total. The number of hydrogen-bond acceptors (Lipinski definition) is 5. The highest BCUT2D eigenvalue weighted by atomic mass is 16.6. The molecule has 0 aromatic rings. The minimum atomic E-state index is -0.600. The van der Waals surface area contributed by atoms with Gasteiger partial charge in [-0.25, -0.2) is 0 Å². The van der Waals surface area contributed by atoms with Gasteiger partial charge < -0.3 is 14.2 Å². The van der Waals surface area contributed by atoms with Gasteiger partial charge in [0.15, 0.2) is 6.10 Å². The number of hydrogen-bond donors (Lipinski definition) is 0. The smallest absolute Gasteiger partial charge is 0.311 e. The zero-order valence-corrected chi connectivity index (χ0v) is 14.4. The summed E-state index contributed by atoms with van der Waals surface area (Å²) in [7, 11) is 0. The van der Waals surface area contributed by atoms with Gasteiger partial charge in [-0.05, 0) is 48.0 Å². The first-order valence-corrected chi connectivity index (χ1v) is 7.44. The Labute approximate surface area is 128 Å². The van der Waals surface area contributed by atoms with Crippen LogP contribution in [0.5, 0.6) is 0 Å². The van der Waals surface area contributed by atoms with Crippen molar-refractivity contribution in [1.82, 2.24) is 0 Å². The second-order valence-electron chi connectivity index (χ2n) is 7.20. The van der Waals surface area contributed by atoms with Crippen molar-refractivity contribution >= 4 is 11.9 Å². The Balaban J connectivity index is 4.53. The number of esters is 2. The lowest BCUT2D eigenvalue weighted by Crippen LogP contribution is -2.36. The first-order chi connectivity index (χ1) is 9.48. The lowest BCUT2D eigenvalue weighted by molar-refractivity contribution is -0.172. The molecule has 1 unspecified atom stereocenters. The molecule has 0 bridgehead atoms. The third-order valence-corrected chi connectivity index (χ3v) is 2.55. The maximum absolute atomic E-state index is 11.9. The van der Waals surface area contributed by atoms with E-state index in [0.29, 0.717) is 6.61 Å². The van der Waals surface area contributed by atoms with E-state index in [1.165, 1.54) is 0 Å². The summed E-state index contributed by atoms with van der Waals surface area (Å²) >= 11 is 0. The lowest BCUT2D eigenvalue weighted by atomic mass is 9.97. The molecular formula is C16H30O5. The Kier molecular flexibility index (Phi) is 7.93. The van der Waals surface area contributed by atoms with Crippen LogP contribution in [0, 0.1) is 10.8 Å². The van der Waals surface area contributed by atoms with Gasteiger partial charge in [0.05, 0.1) is 17.4 Å². The van der Waals surface area contributed by atoms with Crippen LogP contribution in [-0.2, 0) is 23.8 Å². The van der Waals surface area contributed by atoms with Crippen molar-refractivity contribution < 1.29 is 23.8 Å². The SMILES string of the molecule is CCCOCC(COC(=O)C(C)(C)C)OC(=O)C(C)(C)C. The van der Waals surface area contributed by atoms with Crippen LogP contribution in [-0.4, -0.2) is 37.9 Å². The molecular weight excluding hydrogens is 272 g/mol. The van der Waals surface area contributed by atoms with E-state index in [9.17, 15) is 9.59 Å². The van der Waals surface area contributed by atoms with E-state index in [2.05, 4.69) is 0 Å². The molecule has 0 aromatic carbocycles. The van der Waals surface area contributed by atoms with Gasteiger partial charge in [-0.15, -0.1) is 0 Å². The van der Waals surface area contributed by atoms with Gasteiger partial charge in [-0.1, -0.05) is 6.92 Å². The van der Waals surface area contributed by atoms with Gasteiger partial charge in [-0.3, -0.25) is 9.59 Å². The third-order valence-electron chi connectivity index (χ3n) is 2.55. The van der Waals surface area contributed by atoms with Gasteiger partial charge in [0.25, 0.3) is 0 Å². The average Bonchev–Trinajstić information content (AvgIpc) is 2.32. The molecule has 0 amide bonds. The molecule has 0 radical (unpaired) electrons. The fourth-order valence-electron chi connectivity index (χ4n) is 1.19. The molecule has 0 heterocycles. The predicted octanol–water partition coefficient (Wildman–Crippen LogP) is 2.96. The first-order valence-electron chi connectivity index (χ1n) is 7.44. The van der Waals surface area contributed by atoms with Crippen molar-refractivity contribution in [2.45, 2.75) is 61.0 Å². The average molecular weight is 302 g/mol. The Hall–Kier alpha value is -1.10. The van der Waals surface area contributed by atoms with E-state index in [1.807, 2.05) is 6.92 Å². The van der Waals surface area contributed by atoms with Crippen LogP contribution in [0.4, 0.5) is 0 Å². The van der Waals surface area contributed by atoms with Crippen LogP contribution in [0.2, 0.25) is 0 Å². The lowest BCUT2D eigenvalue weighted by Gasteiger charge is -2.24. The molecule has 0 aliphatic heterocycles. The van der Waals surface area contributed by atoms with Crippen LogP contribution in [0.1, 0.15) is 54.9 Å². The summed E-state index contributed by atoms with van der Waals surface area (Å²) in [6, 6.07) is 0. The van der Waals surface area contributed by atoms with Crippen LogP contribution in [0.3, 0.4) is 0 Å². The maximum Gasteiger partial charge on any atom is 0.311 e. The molecule has 1 atom stereocenters. The first kappa shape index (κ1) is 19.9. The van der Waals surface area contributed by atoms with Crippen LogP contribution < -0.4 is 0 Å². The second kappa shape index (κ2) is 8.37. The van der Waals surface area contributed by atoms with Crippen molar-refractivity contribution in [2.75, 3.05) is 19.8 Å². The number of rotatable bonds is 7. The monoisotopic (exact) mass is 302 g/mol. The maximum atomic E-state index is 11.9. The van der Waals surface area contributed by atoms with Crippen molar-refractivity contribution in [2.24, 2.45) is 10.8 Å². The van der Waals surface area contributed by atoms with E-state index in [4.69, 9.17) is 14.2 Å². The van der Waals surface area contributed by atoms with Gasteiger partial charge >= 0.3 is 11.9 Å². The predicted molar refractivity (Wildman–Crippen MR) is 80.9 cm³/mol. The molecule has 0 fully saturated rings. The summed E-state index contributed by atoms with van der Waals surface area (Å²) in [6.45, 7) is 13.5. The van der Waals surface area contributed by atoms with E-state index >= 15 is 0 Å².